The number of aryl methyl sites for hydroxylation is 1. The van der Waals surface area contributed by atoms with Crippen LogP contribution in [-0.4, -0.2) is 33.6 Å². The van der Waals surface area contributed by atoms with Crippen LogP contribution < -0.4 is 5.32 Å². The van der Waals surface area contributed by atoms with Gasteiger partial charge in [0.15, 0.2) is 0 Å². The molecule has 0 aromatic heterocycles. The molecule has 4 nitrogen and oxygen atoms in total. The lowest BCUT2D eigenvalue weighted by Crippen LogP contribution is -2.36. The molecule has 1 N–H and O–H groups in total. The Morgan fingerprint density at radius 3 is 2.17 bits per heavy atom. The van der Waals surface area contributed by atoms with Gasteiger partial charge in [0, 0.05) is 13.1 Å². The van der Waals surface area contributed by atoms with Gasteiger partial charge in [-0.2, -0.15) is 4.99 Å². The van der Waals surface area contributed by atoms with Crippen LogP contribution in [0.25, 0.3) is 0 Å². The number of nitrogens with one attached hydrogen (secondary N) is 1. The highest BCUT2D eigenvalue weighted by molar-refractivity contribution is 6.68. The number of carbonyl (C=O) groups is 1. The summed E-state index contributed by atoms with van der Waals surface area (Å²) in [6.07, 6.45) is 0. The highest BCUT2D eigenvalue weighted by Crippen LogP contribution is 2.39. The van der Waals surface area contributed by atoms with Crippen molar-refractivity contribution in [2.75, 3.05) is 13.1 Å². The molecule has 7 heteroatoms. The van der Waals surface area contributed by atoms with Crippen LogP contribution in [-0.2, 0) is 0 Å². The van der Waals surface area contributed by atoms with Gasteiger partial charge in [-0.3, -0.25) is 0 Å². The van der Waals surface area contributed by atoms with Crippen molar-refractivity contribution >= 4 is 46.7 Å². The predicted molar refractivity (Wildman–Crippen MR) is 98.8 cm³/mol. The van der Waals surface area contributed by atoms with Gasteiger partial charge in [-0.25, -0.2) is 4.79 Å². The number of amidine groups is 1. The summed E-state index contributed by atoms with van der Waals surface area (Å²) in [6, 6.07) is 6.12. The molecule has 0 fully saturated rings. The van der Waals surface area contributed by atoms with Crippen LogP contribution >= 0.6 is 34.8 Å². The van der Waals surface area contributed by atoms with Crippen LogP contribution in [0.4, 0.5) is 4.79 Å². The number of benzene rings is 1. The van der Waals surface area contributed by atoms with Gasteiger partial charge in [-0.05, 0) is 33.3 Å². The molecule has 1 aromatic rings. The molecule has 0 heterocycles. The van der Waals surface area contributed by atoms with E-state index in [4.69, 9.17) is 34.8 Å². The molecule has 0 aliphatic heterocycles. The fraction of sp³-hybridized carbons (Fsp3) is 0.500. The highest BCUT2D eigenvalue weighted by Gasteiger charge is 2.35. The van der Waals surface area contributed by atoms with Crippen molar-refractivity contribution in [2.24, 2.45) is 4.99 Å². The van der Waals surface area contributed by atoms with E-state index in [1.54, 1.807) is 6.92 Å². The summed E-state index contributed by atoms with van der Waals surface area (Å²) in [4.78, 5) is 18.2. The first-order valence-electron chi connectivity index (χ1n) is 7.43. The molecule has 2 amide bonds. The fourth-order valence-electron chi connectivity index (χ4n) is 2.17. The maximum atomic E-state index is 12.2. The Hall–Kier alpha value is -0.970. The highest BCUT2D eigenvalue weighted by atomic mass is 35.6. The number of urea groups is 1. The SMILES string of the molecule is CCN(CC)/C(C)=N\C(=O)NC(c1ccc(C)cc1)C(Cl)(Cl)Cl. The summed E-state index contributed by atoms with van der Waals surface area (Å²) in [5, 5.41) is 2.68. The number of hydrogen-bond donors (Lipinski definition) is 1. The Bertz CT molecular complexity index is 549. The minimum atomic E-state index is -1.68. The molecule has 0 saturated carbocycles. The standard InChI is InChI=1S/C16H22Cl3N3O/c1-5-22(6-2)12(4)20-15(23)21-14(16(17,18)19)13-9-7-11(3)8-10-13/h7-10,14H,5-6H2,1-4H3,(H,21,23)/b20-12-. The third-order valence-corrected chi connectivity index (χ3v) is 4.14. The monoisotopic (exact) mass is 377 g/mol. The van der Waals surface area contributed by atoms with Gasteiger partial charge in [-0.15, -0.1) is 0 Å². The number of rotatable bonds is 4. The number of hydrogen-bond acceptors (Lipinski definition) is 1. The third-order valence-electron chi connectivity index (χ3n) is 3.49. The van der Waals surface area contributed by atoms with E-state index in [0.29, 0.717) is 11.4 Å². The number of aliphatic imine (C=N–C) groups is 1. The molecule has 23 heavy (non-hydrogen) atoms. The molecule has 1 unspecified atom stereocenters. The van der Waals surface area contributed by atoms with E-state index >= 15 is 0 Å². The van der Waals surface area contributed by atoms with E-state index in [-0.39, 0.29) is 0 Å². The van der Waals surface area contributed by atoms with Crippen molar-refractivity contribution in [3.63, 3.8) is 0 Å². The summed E-state index contributed by atoms with van der Waals surface area (Å²) in [6.45, 7) is 9.27. The Morgan fingerprint density at radius 2 is 1.74 bits per heavy atom. The van der Waals surface area contributed by atoms with Crippen LogP contribution in [0, 0.1) is 6.92 Å². The first kappa shape index (κ1) is 20.1. The van der Waals surface area contributed by atoms with Crippen LogP contribution in [0.15, 0.2) is 29.3 Å². The molecular weight excluding hydrogens is 357 g/mol. The zero-order valence-electron chi connectivity index (χ0n) is 13.7. The molecule has 0 bridgehead atoms. The Kier molecular flexibility index (Phi) is 7.65. The van der Waals surface area contributed by atoms with Gasteiger partial charge in [0.05, 0.1) is 0 Å². The number of halogens is 3. The average molecular weight is 379 g/mol. The fourth-order valence-corrected chi connectivity index (χ4v) is 2.71. The molecule has 1 rings (SSSR count). The topological polar surface area (TPSA) is 44.7 Å². The van der Waals surface area contributed by atoms with Crippen molar-refractivity contribution in [3.8, 4) is 0 Å². The summed E-state index contributed by atoms with van der Waals surface area (Å²) in [5.41, 5.74) is 1.79. The number of alkyl halides is 3. The van der Waals surface area contributed by atoms with Gasteiger partial charge in [0.25, 0.3) is 0 Å². The minimum absolute atomic E-state index is 0.536. The Balaban J connectivity index is 2.97. The van der Waals surface area contributed by atoms with Crippen LogP contribution in [0.3, 0.4) is 0 Å². The number of amides is 2. The molecule has 0 aliphatic carbocycles. The summed E-state index contributed by atoms with van der Waals surface area (Å²) < 4.78 is -1.68. The van der Waals surface area contributed by atoms with E-state index in [0.717, 1.165) is 18.7 Å². The second-order valence-electron chi connectivity index (χ2n) is 5.17. The zero-order valence-corrected chi connectivity index (χ0v) is 16.0. The molecule has 0 aliphatic rings. The van der Waals surface area contributed by atoms with E-state index < -0.39 is 15.9 Å². The molecule has 1 atom stereocenters. The number of nitrogens with zero attached hydrogens (tertiary/aromatic N) is 2. The second-order valence-corrected chi connectivity index (χ2v) is 7.54. The van der Waals surface area contributed by atoms with Gasteiger partial charge in [-0.1, -0.05) is 64.6 Å². The van der Waals surface area contributed by atoms with Gasteiger partial charge >= 0.3 is 6.03 Å². The van der Waals surface area contributed by atoms with Crippen molar-refractivity contribution < 1.29 is 4.79 Å². The minimum Gasteiger partial charge on any atom is -0.361 e. The molecule has 0 radical (unpaired) electrons. The van der Waals surface area contributed by atoms with Crippen molar-refractivity contribution in [1.29, 1.82) is 0 Å². The largest absolute Gasteiger partial charge is 0.361 e. The van der Waals surface area contributed by atoms with Crippen LogP contribution in [0.2, 0.25) is 0 Å². The summed E-state index contributed by atoms with van der Waals surface area (Å²) >= 11 is 18.1. The van der Waals surface area contributed by atoms with Crippen molar-refractivity contribution in [3.05, 3.63) is 35.4 Å². The lowest BCUT2D eigenvalue weighted by molar-refractivity contribution is 0.245. The van der Waals surface area contributed by atoms with E-state index in [2.05, 4.69) is 10.3 Å². The molecule has 0 saturated heterocycles. The summed E-state index contributed by atoms with van der Waals surface area (Å²) in [5.74, 6) is 0.625. The Morgan fingerprint density at radius 1 is 1.22 bits per heavy atom. The van der Waals surface area contributed by atoms with Crippen LogP contribution in [0.5, 0.6) is 0 Å². The quantitative estimate of drug-likeness (QED) is 0.461. The summed E-state index contributed by atoms with van der Waals surface area (Å²) in [7, 11) is 0. The smallest absolute Gasteiger partial charge is 0.343 e. The van der Waals surface area contributed by atoms with Gasteiger partial charge in [0.2, 0.25) is 3.79 Å². The van der Waals surface area contributed by atoms with E-state index in [1.807, 2.05) is 49.9 Å². The molecular formula is C16H22Cl3N3O. The number of carbonyl (C=O) groups excluding carboxylic acids is 1. The van der Waals surface area contributed by atoms with E-state index in [1.165, 1.54) is 0 Å². The Labute approximate surface area is 152 Å². The van der Waals surface area contributed by atoms with E-state index in [9.17, 15) is 4.79 Å². The second kappa shape index (κ2) is 8.76. The molecule has 1 aromatic carbocycles. The normalized spacial score (nSPS) is 13.6. The van der Waals surface area contributed by atoms with Crippen molar-refractivity contribution in [2.45, 2.75) is 37.5 Å². The van der Waals surface area contributed by atoms with Crippen LogP contribution in [0.1, 0.15) is 37.9 Å². The average Bonchev–Trinajstić information content (AvgIpc) is 2.46. The third kappa shape index (κ3) is 6.21. The van der Waals surface area contributed by atoms with Crippen molar-refractivity contribution in [1.82, 2.24) is 10.2 Å². The molecule has 0 spiro atoms. The van der Waals surface area contributed by atoms with Gasteiger partial charge in [0.1, 0.15) is 11.9 Å². The van der Waals surface area contributed by atoms with Gasteiger partial charge < -0.3 is 10.2 Å². The maximum absolute atomic E-state index is 12.2. The maximum Gasteiger partial charge on any atom is 0.343 e. The first-order valence-corrected chi connectivity index (χ1v) is 8.56. The predicted octanol–water partition coefficient (Wildman–Crippen LogP) is 4.88. The lowest BCUT2D eigenvalue weighted by Gasteiger charge is -2.26. The lowest BCUT2D eigenvalue weighted by atomic mass is 10.1. The first-order chi connectivity index (χ1) is 10.7. The zero-order chi connectivity index (χ0) is 17.6. The molecule has 128 valence electrons.